The molecule has 0 aromatic rings. The van der Waals surface area contributed by atoms with Crippen molar-refractivity contribution in [2.45, 2.75) is 0 Å². The molecule has 648 valence electrons. The van der Waals surface area contributed by atoms with Crippen LogP contribution >= 0.6 is 0 Å². The van der Waals surface area contributed by atoms with Crippen LogP contribution in [0.5, 0.6) is 0 Å². The van der Waals surface area contributed by atoms with E-state index in [9.17, 15) is 0 Å². The second kappa shape index (κ2) is 2530000. The van der Waals surface area contributed by atoms with E-state index in [-0.39, 0.29) is 560 Å². The Labute approximate surface area is 559 Å². The third kappa shape index (κ3) is 2470000. The first-order valence-corrected chi connectivity index (χ1v) is 0. The largest absolute Gasteiger partial charge is 2.00 e. The quantitative estimate of drug-likeness (QED) is 0.204. The van der Waals surface area contributed by atoms with E-state index in [0.29, 0.717) is 0 Å². The van der Waals surface area contributed by atoms with Gasteiger partial charge >= 0.3 is 117 Å². The summed E-state index contributed by atoms with van der Waals surface area (Å²) in [4.78, 5) is 0. The summed E-state index contributed by atoms with van der Waals surface area (Å²) in [5.74, 6) is 0. The van der Waals surface area contributed by atoms with Crippen LogP contribution in [0.25, 0.3) is 0 Å². The van der Waals surface area contributed by atoms with Crippen molar-refractivity contribution >= 4 is 0 Å². The van der Waals surface area contributed by atoms with Crippen molar-refractivity contribution in [2.24, 2.45) is 0 Å². The molecule has 0 heterocycles. The fraction of sp³-hybridized carbons (Fsp3) is 0. The van der Waals surface area contributed by atoms with Gasteiger partial charge in [-0.3, -0.25) is 0 Å². The maximum absolute atomic E-state index is 0. The first-order valence-electron chi connectivity index (χ1n) is 0. The zero-order chi connectivity index (χ0) is 0. The van der Waals surface area contributed by atoms with E-state index in [4.69, 9.17) is 0 Å². The van der Waals surface area contributed by atoms with Gasteiger partial charge in [-0.1, -0.05) is 0 Å². The summed E-state index contributed by atoms with van der Waals surface area (Å²) in [5, 5.41) is 0. The Bertz CT molecular complexity index is 31.5. The van der Waals surface area contributed by atoms with Crippen molar-refractivity contribution in [3.05, 3.63) is 0 Å². The minimum absolute atomic E-state index is 0. The molecule has 0 aliphatic carbocycles. The minimum Gasteiger partial charge on any atom is -2.00 e. The third-order valence-electron chi connectivity index (χ3n) is 0. The minimum atomic E-state index is 0. The maximum Gasteiger partial charge on any atom is 2.00 e. The van der Waals surface area contributed by atoms with Crippen LogP contribution in [0.3, 0.4) is 0 Å². The summed E-state index contributed by atoms with van der Waals surface area (Å²) in [6.07, 6.45) is 0. The molecule has 0 aromatic carbocycles. The summed E-state index contributed by atoms with van der Waals surface area (Å²) in [7, 11) is 0. The fourth-order valence-electron chi connectivity index (χ4n) is 0. The molecule has 0 bridgehead atoms. The van der Waals surface area contributed by atoms with Crippen LogP contribution in [0.15, 0.2) is 0 Å². The molecule has 0 rings (SSSR count). The smallest absolute Gasteiger partial charge is 2.00 e. The van der Waals surface area contributed by atoms with Crippen molar-refractivity contribution in [1.82, 2.24) is 0 Å². The molecule has 0 saturated heterocycles. The first-order chi connectivity index (χ1) is 0. The van der Waals surface area contributed by atoms with Gasteiger partial charge < -0.3 is 444 Å². The molecule has 0 fully saturated rings. The van der Waals surface area contributed by atoms with E-state index < -0.39 is 0 Å². The van der Waals surface area contributed by atoms with Crippen molar-refractivity contribution in [3.63, 3.8) is 0 Å². The molecule has 81 nitrogen and oxygen atoms in total. The molecular weight excluding hydrogens is 1690 g/mol. The zero-order valence-corrected chi connectivity index (χ0v) is 55.1. The molecule has 0 amide bonds. The van der Waals surface area contributed by atoms with Gasteiger partial charge in [0.2, 0.25) is 0 Å². The van der Waals surface area contributed by atoms with Crippen molar-refractivity contribution < 1.29 is 560 Å². The first kappa shape index (κ1) is 2620000. The topological polar surface area (TPSA) is 2310 Å². The summed E-state index contributed by atoms with van der Waals surface area (Å²) in [6.45, 7) is 0. The second-order valence-electron chi connectivity index (χ2n) is 0. The Hall–Kier alpha value is 0.500. The van der Waals surface area contributed by atoms with E-state index >= 15 is 0 Å². The SMILES string of the molecule is [O-2].[O-2].[O-2].[O-2].[O-2].[O-2].[O-2].[O-2].[O-2].[O-2].[O-2].[O-2].[O-2].[O-2].[O-2].[O-2].[O-2].[O-2].[O-2].[O-2].[O-2].[O-2].[O-2].[O-2].[O-2].[O-2].[O-2].[O-2].[O-2].[O-2].[O-2].[O-2].[O-2].[O-2].[O-2].[O-2].[O-2].[O-2].[O-2].[O-2].[O-2].[O-2].[O-2].[O-2].[O-2].[O-2].[O-2].[O-2].[O-2].[O-2].[O-2].[O-2].[O-2].[O-2].[O-2].[O-2].[O-2].[O-2].[O-2].[O-2].[O-2].[O-2].[O-2].[O-2].[O-2].[O-2].[O-2].[O-2].[O-2].[O-2].[O-2].[O-2].[O-2].[O-2].[O-2].[O-2].[O-2].[O-2].[O-2].[O-2].[O-2].[Zn+2].[Zn+2].[Zn+2].[Zn+2].[Zn+2].[Zn+2]. The Morgan fingerprint density at radius 1 is 0.0230 bits per heavy atom. The van der Waals surface area contributed by atoms with Crippen LogP contribution in [0.4, 0.5) is 0 Å². The van der Waals surface area contributed by atoms with Crippen LogP contribution < -0.4 is 0 Å². The molecule has 0 N–H and O–H groups in total. The Balaban J connectivity index is 0. The molecule has 0 unspecified atom stereocenters. The molecule has 0 aliphatic heterocycles. The summed E-state index contributed by atoms with van der Waals surface area (Å²) >= 11 is 0. The normalized spacial score (nSPS) is 0. The van der Waals surface area contributed by atoms with Crippen molar-refractivity contribution in [3.8, 4) is 0 Å². The van der Waals surface area contributed by atoms with Gasteiger partial charge in [-0.05, 0) is 0 Å². The van der Waals surface area contributed by atoms with E-state index in [1.165, 1.54) is 0 Å². The monoisotopic (exact) mass is 1680 g/mol. The number of hydrogen-bond donors (Lipinski definition) is 0. The molecule has 87 heavy (non-hydrogen) atoms. The van der Waals surface area contributed by atoms with E-state index in [0.717, 1.165) is 0 Å². The molecule has 0 atom stereocenters. The van der Waals surface area contributed by atoms with Crippen molar-refractivity contribution in [1.29, 1.82) is 0 Å². The molecular formula is O81Zn6-150. The Kier molecular flexibility index (Phi) is 76000000000. The summed E-state index contributed by atoms with van der Waals surface area (Å²) < 4.78 is 0. The van der Waals surface area contributed by atoms with Gasteiger partial charge in [0.15, 0.2) is 0 Å². The van der Waals surface area contributed by atoms with Crippen molar-refractivity contribution in [2.75, 3.05) is 0 Å². The predicted octanol–water partition coefficient (Wildman–Crippen LogP) is -9.64. The maximum atomic E-state index is 0. The van der Waals surface area contributed by atoms with Crippen LogP contribution in [0.1, 0.15) is 0 Å². The fourth-order valence-corrected chi connectivity index (χ4v) is 0. The summed E-state index contributed by atoms with van der Waals surface area (Å²) in [5.41, 5.74) is 0. The predicted molar refractivity (Wildman–Crippen MR) is 55.6 cm³/mol. The van der Waals surface area contributed by atoms with Crippen LogP contribution in [0.2, 0.25) is 0 Å². The third-order valence-corrected chi connectivity index (χ3v) is 0. The molecule has 87 heteroatoms. The van der Waals surface area contributed by atoms with Crippen LogP contribution in [-0.4, -0.2) is 0 Å². The van der Waals surface area contributed by atoms with Gasteiger partial charge in [0.1, 0.15) is 0 Å². The standard InChI is InChI=1S/81O.6Zn/q81*-2;6*+2. The van der Waals surface area contributed by atoms with Crippen LogP contribution in [0, 0.1) is 0 Å². The molecule has 0 saturated carbocycles. The van der Waals surface area contributed by atoms with E-state index in [1.54, 1.807) is 0 Å². The van der Waals surface area contributed by atoms with Gasteiger partial charge in [0.05, 0.1) is 0 Å². The van der Waals surface area contributed by atoms with Gasteiger partial charge in [0.25, 0.3) is 0 Å². The van der Waals surface area contributed by atoms with E-state index in [1.807, 2.05) is 0 Å². The number of hydrogen-bond acceptors (Lipinski definition) is 0. The summed E-state index contributed by atoms with van der Waals surface area (Å²) in [6, 6.07) is 0. The molecule has 0 aromatic heterocycles. The Morgan fingerprint density at radius 3 is 0.0230 bits per heavy atom. The van der Waals surface area contributed by atoms with Crippen LogP contribution in [-0.2, 0) is 560 Å². The second-order valence-corrected chi connectivity index (χ2v) is 0. The van der Waals surface area contributed by atoms with Gasteiger partial charge in [0, 0.05) is 0 Å². The average Bonchev–Trinajstić information content (AvgIpc) is 0. The van der Waals surface area contributed by atoms with Gasteiger partial charge in [-0.25, -0.2) is 0 Å². The Morgan fingerprint density at radius 2 is 0.0230 bits per heavy atom. The molecule has 0 spiro atoms. The molecule has 0 aliphatic rings. The van der Waals surface area contributed by atoms with E-state index in [2.05, 4.69) is 0 Å². The molecule has 0 radical (unpaired) electrons. The van der Waals surface area contributed by atoms with Gasteiger partial charge in [-0.15, -0.1) is 0 Å². The van der Waals surface area contributed by atoms with Gasteiger partial charge in [-0.2, -0.15) is 0 Å². The zero-order valence-electron chi connectivity index (χ0n) is 37.3. The number of rotatable bonds is 0. The average molecular weight is 1690 g/mol.